The summed E-state index contributed by atoms with van der Waals surface area (Å²) in [7, 11) is 2.17. The van der Waals surface area contributed by atoms with Crippen LogP contribution in [0.25, 0.3) is 16.3 Å². The Bertz CT molecular complexity index is 1560. The molecule has 2 aromatic carbocycles. The van der Waals surface area contributed by atoms with Crippen molar-refractivity contribution in [3.8, 4) is 0 Å². The summed E-state index contributed by atoms with van der Waals surface area (Å²) in [6.45, 7) is 9.69. The van der Waals surface area contributed by atoms with Crippen molar-refractivity contribution in [2.24, 2.45) is 0 Å². The highest BCUT2D eigenvalue weighted by Crippen LogP contribution is 2.27. The summed E-state index contributed by atoms with van der Waals surface area (Å²) >= 11 is 5.99. The van der Waals surface area contributed by atoms with Gasteiger partial charge >= 0.3 is 0 Å². The lowest BCUT2D eigenvalue weighted by molar-refractivity contribution is -0.120. The standard InChI is InChI=1S/C32H38ClN5O3/c1-35-8-10-36(11-9-35)7-6-28-18-25-16-24(21-37-12-14-41-15-13-37)17-29-31(25)38(28)22-26(32(29)40)19-30(39)34-20-23-2-4-27(33)5-3-23/h2-5,16-18,22H,6-15,19-21H2,1H3,(H,34,39). The number of piperazine rings is 1. The van der Waals surface area contributed by atoms with E-state index in [2.05, 4.69) is 43.6 Å². The minimum Gasteiger partial charge on any atom is -0.379 e. The Hall–Kier alpha value is -3.01. The average Bonchev–Trinajstić information content (AvgIpc) is 3.32. The van der Waals surface area contributed by atoms with Gasteiger partial charge in [0.05, 0.1) is 25.2 Å². The quantitative estimate of drug-likeness (QED) is 0.331. The van der Waals surface area contributed by atoms with E-state index < -0.39 is 0 Å². The molecule has 0 aliphatic carbocycles. The van der Waals surface area contributed by atoms with E-state index in [1.807, 2.05) is 36.5 Å². The number of hydrogen-bond donors (Lipinski definition) is 1. The predicted octanol–water partition coefficient (Wildman–Crippen LogP) is 3.02. The lowest BCUT2D eigenvalue weighted by atomic mass is 10.0. The Labute approximate surface area is 245 Å². The van der Waals surface area contributed by atoms with Gasteiger partial charge in [-0.05, 0) is 48.5 Å². The van der Waals surface area contributed by atoms with E-state index in [-0.39, 0.29) is 17.8 Å². The smallest absolute Gasteiger partial charge is 0.224 e. The van der Waals surface area contributed by atoms with Gasteiger partial charge in [0.2, 0.25) is 5.91 Å². The van der Waals surface area contributed by atoms with Crippen molar-refractivity contribution in [2.45, 2.75) is 25.9 Å². The maximum Gasteiger partial charge on any atom is 0.224 e. The highest BCUT2D eigenvalue weighted by Gasteiger charge is 2.20. The summed E-state index contributed by atoms with van der Waals surface area (Å²) < 4.78 is 7.70. The molecule has 0 radical (unpaired) electrons. The van der Waals surface area contributed by atoms with Crippen LogP contribution in [0, 0.1) is 0 Å². The molecule has 2 fully saturated rings. The summed E-state index contributed by atoms with van der Waals surface area (Å²) in [5, 5.41) is 5.41. The van der Waals surface area contributed by atoms with E-state index in [1.165, 1.54) is 5.69 Å². The van der Waals surface area contributed by atoms with Gasteiger partial charge in [0.1, 0.15) is 0 Å². The topological polar surface area (TPSA) is 69.5 Å². The van der Waals surface area contributed by atoms with Gasteiger partial charge in [-0.1, -0.05) is 23.7 Å². The summed E-state index contributed by atoms with van der Waals surface area (Å²) in [5.74, 6) is -0.171. The van der Waals surface area contributed by atoms with Crippen molar-refractivity contribution in [3.63, 3.8) is 0 Å². The first-order chi connectivity index (χ1) is 19.9. The molecule has 0 spiro atoms. The molecule has 0 unspecified atom stereocenters. The van der Waals surface area contributed by atoms with Crippen LogP contribution in [-0.2, 0) is 35.5 Å². The number of likely N-dealkylation sites (N-methyl/N-ethyl adjacent to an activating group) is 1. The van der Waals surface area contributed by atoms with E-state index in [4.69, 9.17) is 16.3 Å². The summed E-state index contributed by atoms with van der Waals surface area (Å²) in [5.41, 5.74) is 4.68. The maximum atomic E-state index is 13.8. The zero-order valence-electron chi connectivity index (χ0n) is 23.7. The van der Waals surface area contributed by atoms with Crippen molar-refractivity contribution >= 4 is 33.8 Å². The van der Waals surface area contributed by atoms with Crippen molar-refractivity contribution < 1.29 is 9.53 Å². The number of amides is 1. The molecule has 6 rings (SSSR count). The molecule has 4 heterocycles. The van der Waals surface area contributed by atoms with Crippen LogP contribution in [0.5, 0.6) is 0 Å². The second-order valence-corrected chi connectivity index (χ2v) is 11.9. The maximum absolute atomic E-state index is 13.8. The fraction of sp³-hybridized carbons (Fsp3) is 0.438. The van der Waals surface area contributed by atoms with Gasteiger partial charge in [0.15, 0.2) is 5.43 Å². The highest BCUT2D eigenvalue weighted by atomic mass is 35.5. The molecule has 216 valence electrons. The van der Waals surface area contributed by atoms with Gasteiger partial charge in [-0.25, -0.2) is 0 Å². The monoisotopic (exact) mass is 575 g/mol. The Morgan fingerprint density at radius 3 is 2.46 bits per heavy atom. The molecule has 0 bridgehead atoms. The third-order valence-electron chi connectivity index (χ3n) is 8.44. The van der Waals surface area contributed by atoms with Crippen molar-refractivity contribution in [1.29, 1.82) is 0 Å². The predicted molar refractivity (Wildman–Crippen MR) is 163 cm³/mol. The zero-order chi connectivity index (χ0) is 28.3. The molecule has 0 atom stereocenters. The van der Waals surface area contributed by atoms with Crippen molar-refractivity contribution in [3.05, 3.63) is 86.3 Å². The Balaban J connectivity index is 1.29. The molecule has 1 N–H and O–H groups in total. The summed E-state index contributed by atoms with van der Waals surface area (Å²) in [4.78, 5) is 34.1. The number of benzene rings is 2. The molecular weight excluding hydrogens is 538 g/mol. The number of carbonyl (C=O) groups is 1. The van der Waals surface area contributed by atoms with Crippen LogP contribution in [0.3, 0.4) is 0 Å². The Kier molecular flexibility index (Phi) is 8.55. The second-order valence-electron chi connectivity index (χ2n) is 11.4. The molecule has 0 saturated carbocycles. The van der Waals surface area contributed by atoms with Crippen molar-refractivity contribution in [2.75, 3.05) is 66.1 Å². The molecule has 4 aromatic rings. The second kappa shape index (κ2) is 12.5. The number of nitrogens with one attached hydrogen (secondary N) is 1. The van der Waals surface area contributed by atoms with Crippen LogP contribution in [-0.4, -0.2) is 91.1 Å². The van der Waals surface area contributed by atoms with Crippen LogP contribution >= 0.6 is 11.6 Å². The fourth-order valence-electron chi connectivity index (χ4n) is 6.01. The number of morpholine rings is 1. The van der Waals surface area contributed by atoms with Gasteiger partial charge in [0.25, 0.3) is 0 Å². The van der Waals surface area contributed by atoms with Crippen LogP contribution < -0.4 is 10.7 Å². The third kappa shape index (κ3) is 6.58. The lowest BCUT2D eigenvalue weighted by Crippen LogP contribution is -2.45. The first-order valence-electron chi connectivity index (χ1n) is 14.6. The van der Waals surface area contributed by atoms with Gasteiger partial charge < -0.3 is 24.3 Å². The van der Waals surface area contributed by atoms with Gasteiger partial charge in [-0.15, -0.1) is 0 Å². The molecule has 9 heteroatoms. The third-order valence-corrected chi connectivity index (χ3v) is 8.69. The molecule has 1 amide bonds. The number of carbonyl (C=O) groups excluding carboxylic acids is 1. The largest absolute Gasteiger partial charge is 0.379 e. The number of nitrogens with zero attached hydrogens (tertiary/aromatic N) is 4. The van der Waals surface area contributed by atoms with E-state index in [0.717, 1.165) is 94.0 Å². The van der Waals surface area contributed by atoms with E-state index in [9.17, 15) is 9.59 Å². The minimum atomic E-state index is -0.171. The van der Waals surface area contributed by atoms with Crippen LogP contribution in [0.4, 0.5) is 0 Å². The number of hydrogen-bond acceptors (Lipinski definition) is 6. The Morgan fingerprint density at radius 1 is 0.951 bits per heavy atom. The number of aromatic nitrogens is 1. The first kappa shape index (κ1) is 28.1. The number of ether oxygens (including phenoxy) is 1. The SMILES string of the molecule is CN1CCN(CCc2cc3cc(CN4CCOCC4)cc4c(=O)c(CC(=O)NCc5ccc(Cl)cc5)cn2c34)CC1. The van der Waals surface area contributed by atoms with E-state index in [0.29, 0.717) is 22.5 Å². The van der Waals surface area contributed by atoms with Crippen LogP contribution in [0.2, 0.25) is 5.02 Å². The lowest BCUT2D eigenvalue weighted by Gasteiger charge is -2.32. The zero-order valence-corrected chi connectivity index (χ0v) is 24.5. The van der Waals surface area contributed by atoms with E-state index >= 15 is 0 Å². The molecule has 2 aliphatic rings. The van der Waals surface area contributed by atoms with Gasteiger partial charge in [0, 0.05) is 98.6 Å². The molecular formula is C32H38ClN5O3. The van der Waals surface area contributed by atoms with Crippen LogP contribution in [0.1, 0.15) is 22.4 Å². The fourth-order valence-corrected chi connectivity index (χ4v) is 6.13. The van der Waals surface area contributed by atoms with Gasteiger partial charge in [-0.2, -0.15) is 0 Å². The normalized spacial score (nSPS) is 17.5. The number of rotatable bonds is 9. The molecule has 2 aliphatic heterocycles. The molecule has 41 heavy (non-hydrogen) atoms. The molecule has 8 nitrogen and oxygen atoms in total. The number of halogens is 1. The van der Waals surface area contributed by atoms with Crippen molar-refractivity contribution in [1.82, 2.24) is 24.4 Å². The highest BCUT2D eigenvalue weighted by molar-refractivity contribution is 6.30. The summed E-state index contributed by atoms with van der Waals surface area (Å²) in [6, 6.07) is 13.9. The minimum absolute atomic E-state index is 0.0388. The first-order valence-corrected chi connectivity index (χ1v) is 14.9. The number of pyridine rings is 1. The molecule has 2 aromatic heterocycles. The summed E-state index contributed by atoms with van der Waals surface area (Å²) in [6.07, 6.45) is 2.83. The van der Waals surface area contributed by atoms with E-state index in [1.54, 1.807) is 0 Å². The van der Waals surface area contributed by atoms with Crippen LogP contribution in [0.15, 0.2) is 53.5 Å². The van der Waals surface area contributed by atoms with Gasteiger partial charge in [-0.3, -0.25) is 14.5 Å². The molecule has 2 saturated heterocycles. The average molecular weight is 576 g/mol. The Morgan fingerprint density at radius 2 is 1.71 bits per heavy atom.